The minimum Gasteiger partial charge on any atom is -0.504 e. The topological polar surface area (TPSA) is 72.7 Å². The maximum Gasteiger partial charge on any atom is 0.161 e. The van der Waals surface area contributed by atoms with E-state index >= 15 is 0 Å². The highest BCUT2D eigenvalue weighted by Crippen LogP contribution is 2.27. The van der Waals surface area contributed by atoms with Gasteiger partial charge in [0.25, 0.3) is 0 Å². The first-order valence-corrected chi connectivity index (χ1v) is 6.58. The van der Waals surface area contributed by atoms with Crippen LogP contribution in [0.25, 0.3) is 0 Å². The highest BCUT2D eigenvalue weighted by Gasteiger charge is 2.10. The lowest BCUT2D eigenvalue weighted by atomic mass is 10.1. The maximum absolute atomic E-state index is 9.72. The van der Waals surface area contributed by atoms with Gasteiger partial charge in [-0.15, -0.1) is 0 Å². The second-order valence-electron chi connectivity index (χ2n) is 4.73. The van der Waals surface area contributed by atoms with Crippen LogP contribution in [-0.4, -0.2) is 28.0 Å². The molecule has 0 aliphatic rings. The van der Waals surface area contributed by atoms with Crippen molar-refractivity contribution in [2.75, 3.05) is 6.61 Å². The van der Waals surface area contributed by atoms with Crippen LogP contribution >= 0.6 is 0 Å². The Morgan fingerprint density at radius 3 is 2.40 bits per heavy atom. The number of phenols is 2. The average molecular weight is 273 g/mol. The summed E-state index contributed by atoms with van der Waals surface area (Å²) in [5.41, 5.74) is 1.75. The zero-order chi connectivity index (χ0) is 14.4. The highest BCUT2D eigenvalue weighted by atomic mass is 16.3. The van der Waals surface area contributed by atoms with Crippen molar-refractivity contribution in [1.82, 2.24) is 5.32 Å². The van der Waals surface area contributed by atoms with Gasteiger partial charge < -0.3 is 20.6 Å². The van der Waals surface area contributed by atoms with E-state index in [-0.39, 0.29) is 24.1 Å². The number of aromatic hydroxyl groups is 2. The smallest absolute Gasteiger partial charge is 0.161 e. The van der Waals surface area contributed by atoms with E-state index in [1.165, 1.54) is 6.07 Å². The largest absolute Gasteiger partial charge is 0.504 e. The summed E-state index contributed by atoms with van der Waals surface area (Å²) in [5.74, 6) is -0.246. The van der Waals surface area contributed by atoms with Crippen LogP contribution in [-0.2, 0) is 13.0 Å². The van der Waals surface area contributed by atoms with Gasteiger partial charge in [-0.25, -0.2) is 0 Å². The first-order chi connectivity index (χ1) is 9.70. The fraction of sp³-hybridized carbons (Fsp3) is 0.250. The highest BCUT2D eigenvalue weighted by molar-refractivity contribution is 5.44. The van der Waals surface area contributed by atoms with Crippen molar-refractivity contribution >= 4 is 0 Å². The van der Waals surface area contributed by atoms with Gasteiger partial charge in [0.15, 0.2) is 11.5 Å². The van der Waals surface area contributed by atoms with Crippen LogP contribution in [0.2, 0.25) is 0 Å². The number of benzene rings is 2. The van der Waals surface area contributed by atoms with E-state index in [2.05, 4.69) is 5.32 Å². The number of phenolic OH excluding ortho intramolecular Hbond substituents is 2. The number of hydrogen-bond donors (Lipinski definition) is 4. The lowest BCUT2D eigenvalue weighted by molar-refractivity contribution is 0.240. The Bertz CT molecular complexity index is 543. The van der Waals surface area contributed by atoms with Crippen molar-refractivity contribution in [2.24, 2.45) is 0 Å². The summed E-state index contributed by atoms with van der Waals surface area (Å²) in [7, 11) is 0. The molecule has 0 heterocycles. The van der Waals surface area contributed by atoms with Gasteiger partial charge in [0.1, 0.15) is 0 Å². The number of aliphatic hydroxyl groups excluding tert-OH is 1. The second kappa shape index (κ2) is 6.93. The van der Waals surface area contributed by atoms with Crippen LogP contribution in [0.4, 0.5) is 0 Å². The summed E-state index contributed by atoms with van der Waals surface area (Å²) in [6.45, 7) is 0.396. The summed E-state index contributed by atoms with van der Waals surface area (Å²) in [6.07, 6.45) is 0.705. The molecular formula is C16H19NO3. The van der Waals surface area contributed by atoms with Crippen LogP contribution in [0.15, 0.2) is 48.5 Å². The van der Waals surface area contributed by atoms with Crippen LogP contribution in [0.3, 0.4) is 0 Å². The van der Waals surface area contributed by atoms with E-state index in [0.717, 1.165) is 5.56 Å². The molecule has 0 amide bonds. The first-order valence-electron chi connectivity index (χ1n) is 6.58. The van der Waals surface area contributed by atoms with E-state index < -0.39 is 0 Å². The summed E-state index contributed by atoms with van der Waals surface area (Å²) in [4.78, 5) is 0. The minimum absolute atomic E-state index is 0.00840. The molecule has 1 atom stereocenters. The zero-order valence-electron chi connectivity index (χ0n) is 11.2. The fourth-order valence-corrected chi connectivity index (χ4v) is 2.07. The SMILES string of the molecule is OCC(Cc1ccccc1)NCc1cccc(O)c1O. The molecule has 0 spiro atoms. The minimum atomic E-state index is -0.132. The van der Waals surface area contributed by atoms with Crippen molar-refractivity contribution < 1.29 is 15.3 Å². The predicted octanol–water partition coefficient (Wildman–Crippen LogP) is 1.79. The molecule has 0 saturated heterocycles. The molecule has 0 bridgehead atoms. The van der Waals surface area contributed by atoms with Crippen molar-refractivity contribution in [2.45, 2.75) is 19.0 Å². The maximum atomic E-state index is 9.72. The molecule has 0 radical (unpaired) electrons. The van der Waals surface area contributed by atoms with Gasteiger partial charge in [-0.3, -0.25) is 0 Å². The molecule has 106 valence electrons. The summed E-state index contributed by atoms with van der Waals surface area (Å²) >= 11 is 0. The predicted molar refractivity (Wildman–Crippen MR) is 77.6 cm³/mol. The quantitative estimate of drug-likeness (QED) is 0.606. The first kappa shape index (κ1) is 14.4. The Labute approximate surface area is 118 Å². The third-order valence-electron chi connectivity index (χ3n) is 3.22. The van der Waals surface area contributed by atoms with E-state index in [0.29, 0.717) is 18.5 Å². The molecule has 0 aliphatic heterocycles. The van der Waals surface area contributed by atoms with E-state index in [1.807, 2.05) is 30.3 Å². The Morgan fingerprint density at radius 1 is 0.950 bits per heavy atom. The number of nitrogens with one attached hydrogen (secondary N) is 1. The summed E-state index contributed by atoms with van der Waals surface area (Å²) in [6, 6.07) is 14.7. The molecule has 2 rings (SSSR count). The van der Waals surface area contributed by atoms with Gasteiger partial charge in [0, 0.05) is 18.2 Å². The third kappa shape index (κ3) is 3.73. The van der Waals surface area contributed by atoms with Gasteiger partial charge >= 0.3 is 0 Å². The molecule has 20 heavy (non-hydrogen) atoms. The molecule has 4 heteroatoms. The van der Waals surface area contributed by atoms with E-state index in [9.17, 15) is 15.3 Å². The standard InChI is InChI=1S/C16H19NO3/c18-11-14(9-12-5-2-1-3-6-12)17-10-13-7-4-8-15(19)16(13)20/h1-8,14,17-20H,9-11H2. The van der Waals surface area contributed by atoms with Gasteiger partial charge in [-0.05, 0) is 18.1 Å². The third-order valence-corrected chi connectivity index (χ3v) is 3.22. The van der Waals surface area contributed by atoms with E-state index in [4.69, 9.17) is 0 Å². The normalized spacial score (nSPS) is 12.2. The molecular weight excluding hydrogens is 254 g/mol. The van der Waals surface area contributed by atoms with Crippen molar-refractivity contribution in [3.05, 3.63) is 59.7 Å². The van der Waals surface area contributed by atoms with Crippen LogP contribution < -0.4 is 5.32 Å². The number of rotatable bonds is 6. The molecule has 4 N–H and O–H groups in total. The zero-order valence-corrected chi connectivity index (χ0v) is 11.2. The van der Waals surface area contributed by atoms with Crippen molar-refractivity contribution in [1.29, 1.82) is 0 Å². The molecule has 2 aromatic carbocycles. The Morgan fingerprint density at radius 2 is 1.70 bits per heavy atom. The van der Waals surface area contributed by atoms with Crippen molar-refractivity contribution in [3.63, 3.8) is 0 Å². The lowest BCUT2D eigenvalue weighted by Crippen LogP contribution is -2.34. The molecule has 1 unspecified atom stereocenters. The molecule has 0 fully saturated rings. The molecule has 0 aromatic heterocycles. The lowest BCUT2D eigenvalue weighted by Gasteiger charge is -2.17. The van der Waals surface area contributed by atoms with Crippen LogP contribution in [0.1, 0.15) is 11.1 Å². The summed E-state index contributed by atoms with van der Waals surface area (Å²) in [5, 5.41) is 31.7. The van der Waals surface area contributed by atoms with Gasteiger partial charge in [-0.2, -0.15) is 0 Å². The Balaban J connectivity index is 1.95. The van der Waals surface area contributed by atoms with Crippen LogP contribution in [0.5, 0.6) is 11.5 Å². The van der Waals surface area contributed by atoms with E-state index in [1.54, 1.807) is 12.1 Å². The van der Waals surface area contributed by atoms with Crippen LogP contribution in [0, 0.1) is 0 Å². The van der Waals surface area contributed by atoms with Crippen molar-refractivity contribution in [3.8, 4) is 11.5 Å². The van der Waals surface area contributed by atoms with Gasteiger partial charge in [0.2, 0.25) is 0 Å². The van der Waals surface area contributed by atoms with Gasteiger partial charge in [-0.1, -0.05) is 42.5 Å². The Kier molecular flexibility index (Phi) is 4.98. The monoisotopic (exact) mass is 273 g/mol. The second-order valence-corrected chi connectivity index (χ2v) is 4.73. The number of hydrogen-bond acceptors (Lipinski definition) is 4. The average Bonchev–Trinajstić information content (AvgIpc) is 2.48. The molecule has 4 nitrogen and oxygen atoms in total. The molecule has 2 aromatic rings. The number of para-hydroxylation sites is 1. The molecule has 0 saturated carbocycles. The number of aliphatic hydroxyl groups is 1. The van der Waals surface area contributed by atoms with Gasteiger partial charge in [0.05, 0.1) is 6.61 Å². The fourth-order valence-electron chi connectivity index (χ4n) is 2.07. The Hall–Kier alpha value is -2.04. The summed E-state index contributed by atoms with van der Waals surface area (Å²) < 4.78 is 0. The molecule has 0 aliphatic carbocycles.